The molecule has 0 radical (unpaired) electrons. The molecule has 0 bridgehead atoms. The predicted molar refractivity (Wildman–Crippen MR) is 70.8 cm³/mol. The molecule has 0 aliphatic carbocycles. The van der Waals surface area contributed by atoms with Crippen LogP contribution >= 0.6 is 23.2 Å². The summed E-state index contributed by atoms with van der Waals surface area (Å²) in [5.41, 5.74) is 0.422. The number of hydrogen-bond donors (Lipinski definition) is 1. The number of nitrogens with zero attached hydrogens (tertiary/aromatic N) is 2. The van der Waals surface area contributed by atoms with Crippen LogP contribution in [0.4, 0.5) is 5.82 Å². The van der Waals surface area contributed by atoms with E-state index in [2.05, 4.69) is 10.2 Å². The standard InChI is InChI=1S/C11H7Cl2N3O4/c12-7-1-6(2-8(13)3-7)5-20-11(17)9-4-10(15-14-9)16(18)19/h1-4H,5H2,(H,14,15). The van der Waals surface area contributed by atoms with Crippen molar-refractivity contribution >= 4 is 35.0 Å². The number of halogens is 2. The first-order valence-electron chi connectivity index (χ1n) is 5.27. The monoisotopic (exact) mass is 315 g/mol. The summed E-state index contributed by atoms with van der Waals surface area (Å²) in [6.45, 7) is -0.0697. The zero-order valence-corrected chi connectivity index (χ0v) is 11.3. The largest absolute Gasteiger partial charge is 0.456 e. The van der Waals surface area contributed by atoms with Crippen LogP contribution in [0.2, 0.25) is 10.0 Å². The summed E-state index contributed by atoms with van der Waals surface area (Å²) in [6.07, 6.45) is 0. The SMILES string of the molecule is O=C(OCc1cc(Cl)cc(Cl)c1)c1cc([N+](=O)[O-])[nH]n1. The molecule has 1 N–H and O–H groups in total. The molecule has 0 saturated heterocycles. The molecule has 0 fully saturated rings. The van der Waals surface area contributed by atoms with E-state index in [9.17, 15) is 14.9 Å². The van der Waals surface area contributed by atoms with Crippen LogP contribution in [0.5, 0.6) is 0 Å². The lowest BCUT2D eigenvalue weighted by molar-refractivity contribution is -0.389. The van der Waals surface area contributed by atoms with Crippen molar-refractivity contribution in [1.29, 1.82) is 0 Å². The molecule has 0 amide bonds. The normalized spacial score (nSPS) is 10.3. The number of carbonyl (C=O) groups is 1. The first-order valence-corrected chi connectivity index (χ1v) is 6.03. The molecule has 0 spiro atoms. The molecule has 2 aromatic rings. The smallest absolute Gasteiger partial charge is 0.361 e. The van der Waals surface area contributed by atoms with Crippen LogP contribution < -0.4 is 0 Å². The van der Waals surface area contributed by atoms with Crippen molar-refractivity contribution in [2.45, 2.75) is 6.61 Å². The Bertz CT molecular complexity index is 651. The molecule has 1 heterocycles. The van der Waals surface area contributed by atoms with Gasteiger partial charge in [-0.3, -0.25) is 0 Å². The Morgan fingerprint density at radius 1 is 1.30 bits per heavy atom. The van der Waals surface area contributed by atoms with Crippen LogP contribution in [-0.4, -0.2) is 21.1 Å². The van der Waals surface area contributed by atoms with Crippen molar-refractivity contribution in [3.8, 4) is 0 Å². The first-order chi connectivity index (χ1) is 9.45. The Morgan fingerprint density at radius 2 is 1.95 bits per heavy atom. The molecule has 0 aliphatic heterocycles. The van der Waals surface area contributed by atoms with Gasteiger partial charge in [-0.25, -0.2) is 4.79 Å². The van der Waals surface area contributed by atoms with Crippen molar-refractivity contribution in [3.63, 3.8) is 0 Å². The highest BCUT2D eigenvalue weighted by Gasteiger charge is 2.17. The molecule has 9 heteroatoms. The zero-order valence-electron chi connectivity index (χ0n) is 9.80. The number of nitro groups is 1. The van der Waals surface area contributed by atoms with E-state index >= 15 is 0 Å². The van der Waals surface area contributed by atoms with Crippen LogP contribution in [0.25, 0.3) is 0 Å². The number of rotatable bonds is 4. The van der Waals surface area contributed by atoms with Gasteiger partial charge in [-0.2, -0.15) is 0 Å². The third kappa shape index (κ3) is 3.46. The summed E-state index contributed by atoms with van der Waals surface area (Å²) in [6, 6.07) is 5.72. The third-order valence-electron chi connectivity index (χ3n) is 2.26. The first kappa shape index (κ1) is 14.3. The van der Waals surface area contributed by atoms with Crippen molar-refractivity contribution in [2.75, 3.05) is 0 Å². The average Bonchev–Trinajstić information content (AvgIpc) is 2.84. The molecule has 2 rings (SSSR count). The fraction of sp³-hybridized carbons (Fsp3) is 0.0909. The van der Waals surface area contributed by atoms with Gasteiger partial charge in [0.2, 0.25) is 0 Å². The van der Waals surface area contributed by atoms with Gasteiger partial charge in [0.15, 0.2) is 5.69 Å². The molecule has 0 unspecified atom stereocenters. The van der Waals surface area contributed by atoms with Gasteiger partial charge in [-0.15, -0.1) is 5.10 Å². The summed E-state index contributed by atoms with van der Waals surface area (Å²) in [7, 11) is 0. The van der Waals surface area contributed by atoms with Crippen LogP contribution in [0.3, 0.4) is 0 Å². The summed E-state index contributed by atoms with van der Waals surface area (Å²) < 4.78 is 4.96. The van der Waals surface area contributed by atoms with E-state index < -0.39 is 10.9 Å². The minimum atomic E-state index is -0.787. The highest BCUT2D eigenvalue weighted by Crippen LogP contribution is 2.20. The fourth-order valence-corrected chi connectivity index (χ4v) is 2.00. The van der Waals surface area contributed by atoms with E-state index in [0.29, 0.717) is 15.6 Å². The highest BCUT2D eigenvalue weighted by molar-refractivity contribution is 6.34. The van der Waals surface area contributed by atoms with Crippen LogP contribution in [0, 0.1) is 10.1 Å². The zero-order chi connectivity index (χ0) is 14.7. The van der Waals surface area contributed by atoms with Gasteiger partial charge in [-0.05, 0) is 28.7 Å². The Hall–Kier alpha value is -2.12. The molecular weight excluding hydrogens is 309 g/mol. The maximum Gasteiger partial charge on any atom is 0.361 e. The van der Waals surface area contributed by atoms with Crippen molar-refractivity contribution in [3.05, 3.63) is 55.7 Å². The van der Waals surface area contributed by atoms with Gasteiger partial charge in [0.1, 0.15) is 6.61 Å². The van der Waals surface area contributed by atoms with Gasteiger partial charge in [-0.1, -0.05) is 28.3 Å². The molecule has 7 nitrogen and oxygen atoms in total. The summed E-state index contributed by atoms with van der Waals surface area (Å²) in [5, 5.41) is 16.9. The Morgan fingerprint density at radius 3 is 2.50 bits per heavy atom. The summed E-state index contributed by atoms with van der Waals surface area (Å²) >= 11 is 11.6. The lowest BCUT2D eigenvalue weighted by Crippen LogP contribution is -2.05. The summed E-state index contributed by atoms with van der Waals surface area (Å²) in [4.78, 5) is 21.4. The Kier molecular flexibility index (Phi) is 4.21. The number of benzene rings is 1. The third-order valence-corrected chi connectivity index (χ3v) is 2.70. The molecule has 1 aromatic carbocycles. The van der Waals surface area contributed by atoms with E-state index in [0.717, 1.165) is 6.07 Å². The number of aromatic amines is 1. The number of hydrogen-bond acceptors (Lipinski definition) is 5. The van der Waals surface area contributed by atoms with Gasteiger partial charge in [0.25, 0.3) is 0 Å². The van der Waals surface area contributed by atoms with Gasteiger partial charge in [0, 0.05) is 10.0 Å². The molecular formula is C11H7Cl2N3O4. The van der Waals surface area contributed by atoms with E-state index in [1.807, 2.05) is 0 Å². The number of carbonyl (C=O) groups excluding carboxylic acids is 1. The molecule has 0 aliphatic rings. The van der Waals surface area contributed by atoms with Crippen molar-refractivity contribution in [2.24, 2.45) is 0 Å². The summed E-state index contributed by atoms with van der Waals surface area (Å²) in [5.74, 6) is -1.17. The number of esters is 1. The van der Waals surface area contributed by atoms with E-state index in [1.165, 1.54) is 0 Å². The topological polar surface area (TPSA) is 98.1 Å². The van der Waals surface area contributed by atoms with Crippen molar-refractivity contribution < 1.29 is 14.5 Å². The van der Waals surface area contributed by atoms with Gasteiger partial charge in [0.05, 0.1) is 6.07 Å². The van der Waals surface area contributed by atoms with Crippen LogP contribution in [-0.2, 0) is 11.3 Å². The predicted octanol–water partition coefficient (Wildman–Crippen LogP) is 2.98. The average molecular weight is 316 g/mol. The van der Waals surface area contributed by atoms with Gasteiger partial charge < -0.3 is 14.9 Å². The second-order valence-electron chi connectivity index (χ2n) is 3.75. The van der Waals surface area contributed by atoms with E-state index in [-0.39, 0.29) is 18.1 Å². The minimum Gasteiger partial charge on any atom is -0.456 e. The highest BCUT2D eigenvalue weighted by atomic mass is 35.5. The molecule has 0 saturated carbocycles. The molecule has 1 aromatic heterocycles. The van der Waals surface area contributed by atoms with E-state index in [1.54, 1.807) is 18.2 Å². The van der Waals surface area contributed by atoms with E-state index in [4.69, 9.17) is 27.9 Å². The second-order valence-corrected chi connectivity index (χ2v) is 4.62. The molecule has 104 valence electrons. The Labute approximate surface area is 122 Å². The fourth-order valence-electron chi connectivity index (χ4n) is 1.43. The quantitative estimate of drug-likeness (QED) is 0.531. The molecule has 0 atom stereocenters. The van der Waals surface area contributed by atoms with Crippen LogP contribution in [0.1, 0.15) is 16.1 Å². The number of nitrogens with one attached hydrogen (secondary N) is 1. The lowest BCUT2D eigenvalue weighted by Gasteiger charge is -2.04. The number of aromatic nitrogens is 2. The van der Waals surface area contributed by atoms with Crippen LogP contribution in [0.15, 0.2) is 24.3 Å². The maximum absolute atomic E-state index is 11.6. The van der Waals surface area contributed by atoms with Gasteiger partial charge >= 0.3 is 11.8 Å². The Balaban J connectivity index is 2.02. The van der Waals surface area contributed by atoms with Crippen molar-refractivity contribution in [1.82, 2.24) is 10.2 Å². The maximum atomic E-state index is 11.6. The number of H-pyrrole nitrogens is 1. The second kappa shape index (κ2) is 5.89. The number of ether oxygens (including phenoxy) is 1. The minimum absolute atomic E-state index is 0.0697. The molecule has 20 heavy (non-hydrogen) atoms. The lowest BCUT2D eigenvalue weighted by atomic mass is 10.2.